The largest absolute Gasteiger partial charge is 0.0610 e. The molecule has 0 nitrogen and oxygen atoms in total. The van der Waals surface area contributed by atoms with Crippen molar-refractivity contribution in [2.75, 3.05) is 0 Å². The predicted molar refractivity (Wildman–Crippen MR) is 202 cm³/mol. The van der Waals surface area contributed by atoms with Gasteiger partial charge in [0.2, 0.25) is 0 Å². The van der Waals surface area contributed by atoms with Gasteiger partial charge in [0.05, 0.1) is 0 Å². The van der Waals surface area contributed by atoms with Gasteiger partial charge in [0.1, 0.15) is 0 Å². The van der Waals surface area contributed by atoms with Gasteiger partial charge in [-0.2, -0.15) is 0 Å². The molecule has 222 valence electrons. The van der Waals surface area contributed by atoms with Gasteiger partial charge in [-0.1, -0.05) is 157 Å². The molecule has 0 saturated carbocycles. The van der Waals surface area contributed by atoms with Gasteiger partial charge >= 0.3 is 0 Å². The average Bonchev–Trinajstić information content (AvgIpc) is 3.04. The highest BCUT2D eigenvalue weighted by molar-refractivity contribution is 6.27. The van der Waals surface area contributed by atoms with Gasteiger partial charge in [-0.05, 0) is 115 Å². The Balaban J connectivity index is 1.24. The van der Waals surface area contributed by atoms with Crippen LogP contribution in [0.25, 0.3) is 86.9 Å². The van der Waals surface area contributed by atoms with Gasteiger partial charge < -0.3 is 0 Å². The minimum Gasteiger partial charge on any atom is -0.0610 e. The standard InChI is InChI=1S/C46H38/c1-45(2,3)35-23-31-12-10-27-14-18-37(39-20-16-33(25-35)41(31)43(27)39)29-8-7-9-30(22-29)38-19-15-28-11-13-32-24-36(46(4,5)6)26-34-17-21-40(38)44(28)42(32)34/h7-26H,1-6H3. The number of benzene rings is 9. The van der Waals surface area contributed by atoms with Gasteiger partial charge in [-0.15, -0.1) is 0 Å². The molecule has 0 aliphatic rings. The second-order valence-corrected chi connectivity index (χ2v) is 15.5. The van der Waals surface area contributed by atoms with E-state index in [9.17, 15) is 0 Å². The zero-order valence-electron chi connectivity index (χ0n) is 27.5. The van der Waals surface area contributed by atoms with Gasteiger partial charge in [-0.25, -0.2) is 0 Å². The molecule has 0 heterocycles. The Labute approximate surface area is 271 Å². The van der Waals surface area contributed by atoms with Crippen LogP contribution in [0.3, 0.4) is 0 Å². The summed E-state index contributed by atoms with van der Waals surface area (Å²) in [4.78, 5) is 0. The van der Waals surface area contributed by atoms with E-state index in [1.807, 2.05) is 0 Å². The zero-order chi connectivity index (χ0) is 31.5. The molecule has 9 rings (SSSR count). The van der Waals surface area contributed by atoms with Crippen LogP contribution in [0.2, 0.25) is 0 Å². The Morgan fingerprint density at radius 2 is 0.674 bits per heavy atom. The predicted octanol–water partition coefficient (Wildman–Crippen LogP) is 13.4. The fraction of sp³-hybridized carbons (Fsp3) is 0.174. The third-order valence-corrected chi connectivity index (χ3v) is 10.4. The summed E-state index contributed by atoms with van der Waals surface area (Å²) in [5.41, 5.74) is 8.07. The van der Waals surface area contributed by atoms with Crippen LogP contribution in [0.4, 0.5) is 0 Å². The SMILES string of the molecule is CC(C)(C)c1cc2ccc3ccc(-c4cccc(-c5ccc6ccc7cc(C(C)(C)C)cc8ccc5c6c78)c4)c4ccc(c1)c2c34. The van der Waals surface area contributed by atoms with Crippen molar-refractivity contribution >= 4 is 64.6 Å². The van der Waals surface area contributed by atoms with E-state index >= 15 is 0 Å². The summed E-state index contributed by atoms with van der Waals surface area (Å²) in [6.45, 7) is 13.8. The molecule has 46 heavy (non-hydrogen) atoms. The van der Waals surface area contributed by atoms with Gasteiger partial charge in [0, 0.05) is 0 Å². The first-order valence-electron chi connectivity index (χ1n) is 16.6. The van der Waals surface area contributed by atoms with Crippen molar-refractivity contribution in [3.63, 3.8) is 0 Å². The zero-order valence-corrected chi connectivity index (χ0v) is 27.5. The van der Waals surface area contributed by atoms with Crippen molar-refractivity contribution in [2.45, 2.75) is 52.4 Å². The van der Waals surface area contributed by atoms with E-state index in [1.54, 1.807) is 0 Å². The summed E-state index contributed by atoms with van der Waals surface area (Å²) in [5, 5.41) is 16.1. The first-order chi connectivity index (χ1) is 22.0. The van der Waals surface area contributed by atoms with E-state index in [4.69, 9.17) is 0 Å². The van der Waals surface area contributed by atoms with Gasteiger partial charge in [0.15, 0.2) is 0 Å². The third-order valence-electron chi connectivity index (χ3n) is 10.4. The first-order valence-corrected chi connectivity index (χ1v) is 16.6. The summed E-state index contributed by atoms with van der Waals surface area (Å²) in [5.74, 6) is 0. The lowest BCUT2D eigenvalue weighted by Crippen LogP contribution is -2.10. The molecule has 0 unspecified atom stereocenters. The molecule has 9 aromatic carbocycles. The summed E-state index contributed by atoms with van der Waals surface area (Å²) in [6, 6.07) is 46.6. The summed E-state index contributed by atoms with van der Waals surface area (Å²) in [6.07, 6.45) is 0. The molecule has 0 N–H and O–H groups in total. The van der Waals surface area contributed by atoms with Crippen molar-refractivity contribution in [2.24, 2.45) is 0 Å². The van der Waals surface area contributed by atoms with E-state index in [0.29, 0.717) is 0 Å². The lowest BCUT2D eigenvalue weighted by atomic mass is 9.82. The highest BCUT2D eigenvalue weighted by Crippen LogP contribution is 2.44. The van der Waals surface area contributed by atoms with Crippen LogP contribution < -0.4 is 0 Å². The van der Waals surface area contributed by atoms with Crippen LogP contribution >= 0.6 is 0 Å². The van der Waals surface area contributed by atoms with Crippen molar-refractivity contribution in [1.82, 2.24) is 0 Å². The van der Waals surface area contributed by atoms with Crippen molar-refractivity contribution in [1.29, 1.82) is 0 Å². The molecule has 0 aromatic heterocycles. The molecule has 0 saturated heterocycles. The number of rotatable bonds is 2. The van der Waals surface area contributed by atoms with Crippen molar-refractivity contribution in [3.8, 4) is 22.3 Å². The van der Waals surface area contributed by atoms with E-state index in [0.717, 1.165) is 0 Å². The summed E-state index contributed by atoms with van der Waals surface area (Å²) >= 11 is 0. The van der Waals surface area contributed by atoms with Crippen LogP contribution in [0.1, 0.15) is 52.7 Å². The fourth-order valence-electron chi connectivity index (χ4n) is 7.86. The lowest BCUT2D eigenvalue weighted by molar-refractivity contribution is 0.591. The molecule has 0 atom stereocenters. The molecule has 0 heteroatoms. The van der Waals surface area contributed by atoms with Crippen LogP contribution in [0.5, 0.6) is 0 Å². The maximum absolute atomic E-state index is 2.40. The molecule has 0 aliphatic heterocycles. The Bertz CT molecular complexity index is 2420. The number of hydrogen-bond donors (Lipinski definition) is 0. The van der Waals surface area contributed by atoms with Crippen LogP contribution in [-0.4, -0.2) is 0 Å². The van der Waals surface area contributed by atoms with E-state index in [1.165, 1.54) is 98.0 Å². The Hall–Kier alpha value is -4.94. The minimum absolute atomic E-state index is 0.108. The topological polar surface area (TPSA) is 0 Å². The van der Waals surface area contributed by atoms with Crippen LogP contribution in [0, 0.1) is 0 Å². The molecule has 0 amide bonds. The van der Waals surface area contributed by atoms with E-state index in [-0.39, 0.29) is 10.8 Å². The molecule has 0 radical (unpaired) electrons. The summed E-state index contributed by atoms with van der Waals surface area (Å²) in [7, 11) is 0. The molecule has 0 bridgehead atoms. The first kappa shape index (κ1) is 27.4. The number of hydrogen-bond acceptors (Lipinski definition) is 0. The average molecular weight is 591 g/mol. The highest BCUT2D eigenvalue weighted by atomic mass is 14.2. The van der Waals surface area contributed by atoms with E-state index < -0.39 is 0 Å². The normalized spacial score (nSPS) is 13.0. The maximum atomic E-state index is 2.40. The molecule has 9 aromatic rings. The highest BCUT2D eigenvalue weighted by Gasteiger charge is 2.20. The van der Waals surface area contributed by atoms with Gasteiger partial charge in [-0.3, -0.25) is 0 Å². The lowest BCUT2D eigenvalue weighted by Gasteiger charge is -2.22. The van der Waals surface area contributed by atoms with Gasteiger partial charge in [0.25, 0.3) is 0 Å². The molecule has 0 aliphatic carbocycles. The van der Waals surface area contributed by atoms with E-state index in [2.05, 4.69) is 163 Å². The fourth-order valence-corrected chi connectivity index (χ4v) is 7.86. The second-order valence-electron chi connectivity index (χ2n) is 15.5. The van der Waals surface area contributed by atoms with Crippen LogP contribution in [-0.2, 0) is 10.8 Å². The second kappa shape index (κ2) is 9.30. The molecular weight excluding hydrogens is 553 g/mol. The van der Waals surface area contributed by atoms with Crippen LogP contribution in [0.15, 0.2) is 121 Å². The Morgan fingerprint density at radius 1 is 0.326 bits per heavy atom. The monoisotopic (exact) mass is 590 g/mol. The minimum atomic E-state index is 0.108. The third kappa shape index (κ3) is 3.99. The molecular formula is C46H38. The smallest absolute Gasteiger partial charge is 0.00206 e. The molecule has 0 spiro atoms. The Kier molecular flexibility index (Phi) is 5.54. The van der Waals surface area contributed by atoms with Crippen molar-refractivity contribution in [3.05, 3.63) is 132 Å². The van der Waals surface area contributed by atoms with Crippen molar-refractivity contribution < 1.29 is 0 Å². The summed E-state index contributed by atoms with van der Waals surface area (Å²) < 4.78 is 0. The Morgan fingerprint density at radius 3 is 1.07 bits per heavy atom. The maximum Gasteiger partial charge on any atom is -0.00206 e. The molecule has 0 fully saturated rings. The quantitative estimate of drug-likeness (QED) is 0.176.